The van der Waals surface area contributed by atoms with Crippen LogP contribution in [0, 0.1) is 11.8 Å². The van der Waals surface area contributed by atoms with E-state index in [4.69, 9.17) is 0 Å². The van der Waals surface area contributed by atoms with Gasteiger partial charge in [0.15, 0.2) is 0 Å². The van der Waals surface area contributed by atoms with Gasteiger partial charge in [0.2, 0.25) is 0 Å². The molecule has 0 spiro atoms. The van der Waals surface area contributed by atoms with Gasteiger partial charge in [-0.25, -0.2) is 0 Å². The molecule has 0 aromatic carbocycles. The third-order valence-electron chi connectivity index (χ3n) is 3.04. The van der Waals surface area contributed by atoms with Crippen LogP contribution in [0.15, 0.2) is 0 Å². The first-order valence-electron chi connectivity index (χ1n) is 4.99. The van der Waals surface area contributed by atoms with Crippen LogP contribution >= 0.6 is 0 Å². The standard InChI is InChI=1S/C10H21N/c1-4-7-11-9(3)10-6-5-8(10)2/h8-11H,4-7H2,1-3H3. The third kappa shape index (κ3) is 2.19. The van der Waals surface area contributed by atoms with Crippen LogP contribution in [0.1, 0.15) is 40.0 Å². The molecule has 0 aliphatic heterocycles. The molecular weight excluding hydrogens is 134 g/mol. The molecule has 66 valence electrons. The molecule has 0 amide bonds. The lowest BCUT2D eigenvalue weighted by atomic mass is 9.71. The first-order chi connectivity index (χ1) is 5.25. The molecule has 1 fully saturated rings. The predicted octanol–water partition coefficient (Wildman–Crippen LogP) is 2.42. The molecule has 0 radical (unpaired) electrons. The van der Waals surface area contributed by atoms with Crippen LogP contribution in [0.2, 0.25) is 0 Å². The average Bonchev–Trinajstić information content (AvgIpc) is 1.98. The third-order valence-corrected chi connectivity index (χ3v) is 3.04. The van der Waals surface area contributed by atoms with Gasteiger partial charge >= 0.3 is 0 Å². The van der Waals surface area contributed by atoms with Crippen LogP contribution in [-0.2, 0) is 0 Å². The van der Waals surface area contributed by atoms with Gasteiger partial charge in [0, 0.05) is 6.04 Å². The fourth-order valence-corrected chi connectivity index (χ4v) is 1.96. The zero-order valence-corrected chi connectivity index (χ0v) is 8.06. The topological polar surface area (TPSA) is 12.0 Å². The number of hydrogen-bond donors (Lipinski definition) is 1. The van der Waals surface area contributed by atoms with Gasteiger partial charge in [0.25, 0.3) is 0 Å². The maximum Gasteiger partial charge on any atom is 0.00695 e. The second-order valence-electron chi connectivity index (χ2n) is 3.96. The Labute approximate surface area is 70.6 Å². The molecule has 3 atom stereocenters. The van der Waals surface area contributed by atoms with Crippen LogP contribution in [0.5, 0.6) is 0 Å². The van der Waals surface area contributed by atoms with Gasteiger partial charge in [-0.05, 0) is 38.1 Å². The Morgan fingerprint density at radius 1 is 1.45 bits per heavy atom. The summed E-state index contributed by atoms with van der Waals surface area (Å²) in [6, 6.07) is 0.749. The molecule has 0 heterocycles. The van der Waals surface area contributed by atoms with Crippen molar-refractivity contribution in [3.63, 3.8) is 0 Å². The van der Waals surface area contributed by atoms with Crippen molar-refractivity contribution in [3.8, 4) is 0 Å². The van der Waals surface area contributed by atoms with Crippen LogP contribution in [0.25, 0.3) is 0 Å². The summed E-state index contributed by atoms with van der Waals surface area (Å²) in [7, 11) is 0. The summed E-state index contributed by atoms with van der Waals surface area (Å²) in [5.41, 5.74) is 0. The Morgan fingerprint density at radius 2 is 2.18 bits per heavy atom. The van der Waals surface area contributed by atoms with Gasteiger partial charge in [-0.3, -0.25) is 0 Å². The zero-order chi connectivity index (χ0) is 8.27. The lowest BCUT2D eigenvalue weighted by molar-refractivity contribution is 0.148. The monoisotopic (exact) mass is 155 g/mol. The van der Waals surface area contributed by atoms with Crippen molar-refractivity contribution in [1.29, 1.82) is 0 Å². The van der Waals surface area contributed by atoms with E-state index in [1.54, 1.807) is 0 Å². The van der Waals surface area contributed by atoms with Gasteiger partial charge in [0.1, 0.15) is 0 Å². The van der Waals surface area contributed by atoms with E-state index in [-0.39, 0.29) is 0 Å². The highest BCUT2D eigenvalue weighted by Gasteiger charge is 2.30. The number of rotatable bonds is 4. The molecule has 1 rings (SSSR count). The SMILES string of the molecule is CCCNC(C)C1CCC1C. The molecule has 11 heavy (non-hydrogen) atoms. The van der Waals surface area contributed by atoms with Crippen LogP contribution in [0.4, 0.5) is 0 Å². The van der Waals surface area contributed by atoms with Crippen molar-refractivity contribution >= 4 is 0 Å². The van der Waals surface area contributed by atoms with Crippen molar-refractivity contribution < 1.29 is 0 Å². The normalized spacial score (nSPS) is 33.0. The molecule has 1 N–H and O–H groups in total. The number of hydrogen-bond acceptors (Lipinski definition) is 1. The van der Waals surface area contributed by atoms with E-state index >= 15 is 0 Å². The second kappa shape index (κ2) is 4.10. The molecular formula is C10H21N. The Morgan fingerprint density at radius 3 is 2.55 bits per heavy atom. The van der Waals surface area contributed by atoms with E-state index in [1.807, 2.05) is 0 Å². The van der Waals surface area contributed by atoms with E-state index in [0.717, 1.165) is 17.9 Å². The largest absolute Gasteiger partial charge is 0.314 e. The van der Waals surface area contributed by atoms with Crippen molar-refractivity contribution in [3.05, 3.63) is 0 Å². The molecule has 0 aromatic rings. The molecule has 0 saturated heterocycles. The van der Waals surface area contributed by atoms with E-state index in [9.17, 15) is 0 Å². The maximum absolute atomic E-state index is 3.56. The highest BCUT2D eigenvalue weighted by atomic mass is 14.9. The lowest BCUT2D eigenvalue weighted by Gasteiger charge is -2.38. The first-order valence-corrected chi connectivity index (χ1v) is 4.99. The smallest absolute Gasteiger partial charge is 0.00695 e. The number of nitrogens with one attached hydrogen (secondary N) is 1. The van der Waals surface area contributed by atoms with Gasteiger partial charge in [0.05, 0.1) is 0 Å². The minimum atomic E-state index is 0.749. The molecule has 3 unspecified atom stereocenters. The van der Waals surface area contributed by atoms with E-state index in [1.165, 1.54) is 25.8 Å². The van der Waals surface area contributed by atoms with Crippen LogP contribution < -0.4 is 5.32 Å². The highest BCUT2D eigenvalue weighted by Crippen LogP contribution is 2.35. The minimum absolute atomic E-state index is 0.749. The van der Waals surface area contributed by atoms with Crippen LogP contribution in [-0.4, -0.2) is 12.6 Å². The summed E-state index contributed by atoms with van der Waals surface area (Å²) in [6.07, 6.45) is 4.15. The van der Waals surface area contributed by atoms with Crippen molar-refractivity contribution in [1.82, 2.24) is 5.32 Å². The quantitative estimate of drug-likeness (QED) is 0.657. The molecule has 1 nitrogen and oxygen atoms in total. The van der Waals surface area contributed by atoms with Crippen LogP contribution in [0.3, 0.4) is 0 Å². The summed E-state index contributed by atoms with van der Waals surface area (Å²) >= 11 is 0. The average molecular weight is 155 g/mol. The second-order valence-corrected chi connectivity index (χ2v) is 3.96. The van der Waals surface area contributed by atoms with Crippen molar-refractivity contribution in [2.75, 3.05) is 6.54 Å². The summed E-state index contributed by atoms with van der Waals surface area (Å²) in [6.45, 7) is 8.11. The first kappa shape index (κ1) is 9.05. The van der Waals surface area contributed by atoms with Gasteiger partial charge in [-0.15, -0.1) is 0 Å². The minimum Gasteiger partial charge on any atom is -0.314 e. The lowest BCUT2D eigenvalue weighted by Crippen LogP contribution is -2.41. The summed E-state index contributed by atoms with van der Waals surface area (Å²) in [4.78, 5) is 0. The molecule has 0 aromatic heterocycles. The molecule has 1 heteroatoms. The highest BCUT2D eigenvalue weighted by molar-refractivity contribution is 4.84. The predicted molar refractivity (Wildman–Crippen MR) is 49.6 cm³/mol. The zero-order valence-electron chi connectivity index (χ0n) is 8.06. The Bertz CT molecular complexity index is 111. The Hall–Kier alpha value is -0.0400. The van der Waals surface area contributed by atoms with Crippen molar-refractivity contribution in [2.24, 2.45) is 11.8 Å². The summed E-state index contributed by atoms with van der Waals surface area (Å²) < 4.78 is 0. The molecule has 1 aliphatic rings. The van der Waals surface area contributed by atoms with E-state index in [0.29, 0.717) is 0 Å². The van der Waals surface area contributed by atoms with E-state index in [2.05, 4.69) is 26.1 Å². The summed E-state index contributed by atoms with van der Waals surface area (Å²) in [5, 5.41) is 3.56. The molecule has 1 aliphatic carbocycles. The molecule has 0 bridgehead atoms. The fourth-order valence-electron chi connectivity index (χ4n) is 1.96. The van der Waals surface area contributed by atoms with Gasteiger partial charge in [-0.1, -0.05) is 20.3 Å². The maximum atomic E-state index is 3.56. The van der Waals surface area contributed by atoms with Crippen molar-refractivity contribution in [2.45, 2.75) is 46.1 Å². The molecule has 1 saturated carbocycles. The van der Waals surface area contributed by atoms with E-state index < -0.39 is 0 Å². The fraction of sp³-hybridized carbons (Fsp3) is 1.00. The summed E-state index contributed by atoms with van der Waals surface area (Å²) in [5.74, 6) is 1.93. The van der Waals surface area contributed by atoms with Gasteiger partial charge in [-0.2, -0.15) is 0 Å². The Kier molecular flexibility index (Phi) is 3.38. The van der Waals surface area contributed by atoms with Gasteiger partial charge < -0.3 is 5.32 Å². The Balaban J connectivity index is 2.13.